The number of nitrogens with zero attached hydrogens (tertiary/aromatic N) is 2. The Morgan fingerprint density at radius 1 is 1.15 bits per heavy atom. The van der Waals surface area contributed by atoms with Crippen molar-refractivity contribution < 1.29 is 14.3 Å². The summed E-state index contributed by atoms with van der Waals surface area (Å²) in [5.74, 6) is 0.596. The number of aromatic nitrogens is 1. The number of likely N-dealkylation sites (tertiary alicyclic amines) is 1. The van der Waals surface area contributed by atoms with Crippen molar-refractivity contribution in [3.05, 3.63) is 84.8 Å². The molecule has 2 aliphatic heterocycles. The van der Waals surface area contributed by atoms with Crippen molar-refractivity contribution in [2.24, 2.45) is 0 Å². The normalized spacial score (nSPS) is 19.0. The molecule has 3 aromatic rings. The Morgan fingerprint density at radius 3 is 2.76 bits per heavy atom. The summed E-state index contributed by atoms with van der Waals surface area (Å²) in [7, 11) is 0. The molecule has 1 unspecified atom stereocenters. The molecule has 3 heterocycles. The fourth-order valence-electron chi connectivity index (χ4n) is 4.68. The number of benzene rings is 2. The van der Waals surface area contributed by atoms with Crippen LogP contribution in [0.5, 0.6) is 0 Å². The Labute approximate surface area is 213 Å². The monoisotopic (exact) mass is 540 g/mol. The third-order valence-corrected chi connectivity index (χ3v) is 8.58. The van der Waals surface area contributed by atoms with Crippen molar-refractivity contribution >= 4 is 33.2 Å². The minimum atomic E-state index is -0.455. The quantitative estimate of drug-likeness (QED) is 0.394. The van der Waals surface area contributed by atoms with Gasteiger partial charge >= 0.3 is 0 Å². The van der Waals surface area contributed by atoms with E-state index in [2.05, 4.69) is 59.4 Å². The van der Waals surface area contributed by atoms with Gasteiger partial charge in [0.2, 0.25) is 12.2 Å². The number of ether oxygens (including phenoxy) is 2. The molecule has 0 radical (unpaired) electrons. The van der Waals surface area contributed by atoms with Gasteiger partial charge in [0.1, 0.15) is 5.69 Å². The lowest BCUT2D eigenvalue weighted by Gasteiger charge is -2.31. The topological polar surface area (TPSA) is 51.7 Å². The number of hydrogen-bond donors (Lipinski definition) is 0. The third-order valence-electron chi connectivity index (χ3n) is 6.81. The first-order valence-electron chi connectivity index (χ1n) is 11.8. The van der Waals surface area contributed by atoms with E-state index in [0.29, 0.717) is 25.6 Å². The van der Waals surface area contributed by atoms with Gasteiger partial charge < -0.3 is 14.4 Å². The van der Waals surface area contributed by atoms with Crippen molar-refractivity contribution in [1.82, 2.24) is 9.88 Å². The van der Waals surface area contributed by atoms with Crippen LogP contribution in [0.4, 0.5) is 0 Å². The molecule has 0 bridgehead atoms. The van der Waals surface area contributed by atoms with Crippen LogP contribution in [0, 0.1) is 13.8 Å². The van der Waals surface area contributed by atoms with E-state index < -0.39 is 6.29 Å². The molecule has 7 heteroatoms. The summed E-state index contributed by atoms with van der Waals surface area (Å²) in [5, 5.41) is 3.18. The number of piperidine rings is 1. The molecule has 0 spiro atoms. The number of amides is 1. The second-order valence-corrected chi connectivity index (χ2v) is 10.9. The van der Waals surface area contributed by atoms with Crippen LogP contribution in [-0.4, -0.2) is 28.9 Å². The summed E-state index contributed by atoms with van der Waals surface area (Å²) in [6, 6.07) is 12.5. The number of hydrogen-bond acceptors (Lipinski definition) is 5. The van der Waals surface area contributed by atoms with Gasteiger partial charge in [-0.15, -0.1) is 11.3 Å². The van der Waals surface area contributed by atoms with E-state index in [0.717, 1.165) is 57.8 Å². The van der Waals surface area contributed by atoms with Gasteiger partial charge in [0.15, 0.2) is 0 Å². The molecule has 2 aromatic carbocycles. The van der Waals surface area contributed by atoms with Gasteiger partial charge in [0, 0.05) is 28.9 Å². The number of aryl methyl sites for hydroxylation is 2. The highest BCUT2D eigenvalue weighted by Crippen LogP contribution is 2.35. The molecule has 1 atom stereocenters. The molecule has 178 valence electrons. The van der Waals surface area contributed by atoms with E-state index in [-0.39, 0.29) is 5.91 Å². The lowest BCUT2D eigenvalue weighted by atomic mass is 9.96. The smallest absolute Gasteiger partial charge is 0.227 e. The maximum atomic E-state index is 12.9. The lowest BCUT2D eigenvalue weighted by molar-refractivity contribution is -0.155. The van der Waals surface area contributed by atoms with Crippen LogP contribution in [0.2, 0.25) is 0 Å². The predicted octanol–water partition coefficient (Wildman–Crippen LogP) is 6.22. The summed E-state index contributed by atoms with van der Waals surface area (Å²) < 4.78 is 13.1. The Hall–Kier alpha value is -2.06. The first-order valence-corrected chi connectivity index (χ1v) is 13.4. The summed E-state index contributed by atoms with van der Waals surface area (Å²) in [6.45, 7) is 6.71. The molecule has 1 amide bonds. The second-order valence-electron chi connectivity index (χ2n) is 9.20. The molecule has 34 heavy (non-hydrogen) atoms. The van der Waals surface area contributed by atoms with Crippen LogP contribution < -0.4 is 0 Å². The zero-order chi connectivity index (χ0) is 23.7. The highest BCUT2D eigenvalue weighted by Gasteiger charge is 2.28. The maximum Gasteiger partial charge on any atom is 0.227 e. The summed E-state index contributed by atoms with van der Waals surface area (Å²) in [5.41, 5.74) is 6.64. The molecule has 5 rings (SSSR count). The van der Waals surface area contributed by atoms with Crippen molar-refractivity contribution in [3.63, 3.8) is 0 Å². The molecule has 1 saturated heterocycles. The number of halogens is 1. The fraction of sp³-hybridized carbons (Fsp3) is 0.407. The highest BCUT2D eigenvalue weighted by atomic mass is 79.9. The van der Waals surface area contributed by atoms with Crippen LogP contribution in [-0.2, 0) is 33.9 Å². The fourth-order valence-corrected chi connectivity index (χ4v) is 6.19. The average Bonchev–Trinajstić information content (AvgIpc) is 3.22. The van der Waals surface area contributed by atoms with E-state index in [1.807, 2.05) is 17.0 Å². The van der Waals surface area contributed by atoms with Crippen LogP contribution in [0.15, 0.2) is 46.3 Å². The van der Waals surface area contributed by atoms with Crippen LogP contribution in [0.25, 0.3) is 0 Å². The molecule has 0 aliphatic carbocycles. The number of thiazole rings is 1. The number of fused-ring (bicyclic) bond motifs is 1. The van der Waals surface area contributed by atoms with Crippen LogP contribution in [0.3, 0.4) is 0 Å². The molecule has 5 nitrogen and oxygen atoms in total. The van der Waals surface area contributed by atoms with Crippen molar-refractivity contribution in [1.29, 1.82) is 0 Å². The molecular formula is C27H29BrN2O3S. The Morgan fingerprint density at radius 2 is 1.94 bits per heavy atom. The molecule has 0 saturated carbocycles. The average molecular weight is 542 g/mol. The maximum absolute atomic E-state index is 12.9. The predicted molar refractivity (Wildman–Crippen MR) is 137 cm³/mol. The third kappa shape index (κ3) is 5.13. The summed E-state index contributed by atoms with van der Waals surface area (Å²) >= 11 is 5.29. The lowest BCUT2D eigenvalue weighted by Crippen LogP contribution is -2.38. The number of carbonyl (C=O) groups is 1. The minimum Gasteiger partial charge on any atom is -0.342 e. The SMILES string of the molecule is Cc1ccc(C)c(CC(=O)N2CCC(c3nc(C4OCc5cccc(Br)c5CO4)cs3)CC2)c1. The van der Waals surface area contributed by atoms with Gasteiger partial charge in [-0.1, -0.05) is 51.8 Å². The van der Waals surface area contributed by atoms with E-state index in [9.17, 15) is 4.79 Å². The van der Waals surface area contributed by atoms with Gasteiger partial charge in [-0.2, -0.15) is 0 Å². The largest absolute Gasteiger partial charge is 0.342 e. The standard InChI is InChI=1S/C27H29BrN2O3S/c1-17-6-7-18(2)21(12-17)13-25(31)30-10-8-19(9-11-30)26-29-24(16-34-26)27-32-14-20-4-3-5-23(28)22(20)15-33-27/h3-7,12,16,19,27H,8-11,13-15H2,1-2H3. The van der Waals surface area contributed by atoms with Crippen molar-refractivity contribution in [2.45, 2.75) is 58.5 Å². The van der Waals surface area contributed by atoms with Gasteiger partial charge in [-0.25, -0.2) is 4.98 Å². The number of rotatable bonds is 4. The Bertz CT molecular complexity index is 1190. The van der Waals surface area contributed by atoms with Gasteiger partial charge in [-0.3, -0.25) is 4.79 Å². The van der Waals surface area contributed by atoms with Crippen LogP contribution in [0.1, 0.15) is 63.6 Å². The van der Waals surface area contributed by atoms with E-state index in [1.165, 1.54) is 11.1 Å². The van der Waals surface area contributed by atoms with E-state index in [1.54, 1.807) is 11.3 Å². The zero-order valence-electron chi connectivity index (χ0n) is 19.6. The molecule has 0 N–H and O–H groups in total. The minimum absolute atomic E-state index is 0.220. The van der Waals surface area contributed by atoms with Gasteiger partial charge in [0.05, 0.1) is 24.6 Å². The first kappa shape index (κ1) is 23.7. The Balaban J connectivity index is 1.17. The number of carbonyl (C=O) groups excluding carboxylic acids is 1. The molecule has 1 aromatic heterocycles. The first-order chi connectivity index (χ1) is 16.5. The van der Waals surface area contributed by atoms with Gasteiger partial charge in [0.25, 0.3) is 0 Å². The van der Waals surface area contributed by atoms with Crippen LogP contribution >= 0.6 is 27.3 Å². The van der Waals surface area contributed by atoms with E-state index >= 15 is 0 Å². The van der Waals surface area contributed by atoms with Gasteiger partial charge in [-0.05, 0) is 55.0 Å². The highest BCUT2D eigenvalue weighted by molar-refractivity contribution is 9.10. The zero-order valence-corrected chi connectivity index (χ0v) is 22.0. The second kappa shape index (κ2) is 10.3. The summed E-state index contributed by atoms with van der Waals surface area (Å²) in [6.07, 6.45) is 1.91. The molecular weight excluding hydrogens is 512 g/mol. The van der Waals surface area contributed by atoms with Crippen molar-refractivity contribution in [3.8, 4) is 0 Å². The molecule has 2 aliphatic rings. The summed E-state index contributed by atoms with van der Waals surface area (Å²) in [4.78, 5) is 19.8. The van der Waals surface area contributed by atoms with Crippen molar-refractivity contribution in [2.75, 3.05) is 13.1 Å². The Kier molecular flexibility index (Phi) is 7.16. The molecule has 1 fully saturated rings. The van der Waals surface area contributed by atoms with E-state index in [4.69, 9.17) is 14.5 Å².